The zero-order valence-electron chi connectivity index (χ0n) is 25.4. The number of aryl methyl sites for hydroxylation is 1. The van der Waals surface area contributed by atoms with Gasteiger partial charge in [0, 0.05) is 29.8 Å². The number of rotatable bonds is 5. The summed E-state index contributed by atoms with van der Waals surface area (Å²) < 4.78 is 27.1. The maximum Gasteiger partial charge on any atom is 0.230 e. The number of nitriles is 2. The molecule has 3 saturated heterocycles. The van der Waals surface area contributed by atoms with Crippen molar-refractivity contribution in [3.05, 3.63) is 45.9 Å². The van der Waals surface area contributed by atoms with Crippen molar-refractivity contribution in [3.63, 3.8) is 0 Å². The van der Waals surface area contributed by atoms with Crippen molar-refractivity contribution in [1.82, 2.24) is 14.9 Å². The molecule has 2 N–H and O–H groups in total. The molecule has 4 atom stereocenters. The SMILES string of the molecule is CC12CCCN1CC(F)C2.CCc1nc2c(c(N3CC(F)(C#N)C3)n1)CCC(c1c([C@@H](C)CC)ccc(N)c1C#N)C2. The summed E-state index contributed by atoms with van der Waals surface area (Å²) in [6, 6.07) is 8.03. The first-order valence-electron chi connectivity index (χ1n) is 15.5. The van der Waals surface area contributed by atoms with Crippen LogP contribution in [0.5, 0.6) is 0 Å². The van der Waals surface area contributed by atoms with E-state index in [0.717, 1.165) is 60.7 Å². The van der Waals surface area contributed by atoms with E-state index in [9.17, 15) is 14.0 Å². The van der Waals surface area contributed by atoms with E-state index in [1.54, 1.807) is 6.07 Å². The van der Waals surface area contributed by atoms with Crippen LogP contribution in [0.2, 0.25) is 0 Å². The number of anilines is 2. The van der Waals surface area contributed by atoms with Crippen molar-refractivity contribution < 1.29 is 8.78 Å². The molecule has 4 heterocycles. The number of nitrogen functional groups attached to an aromatic ring is 1. The molecule has 4 aliphatic rings. The Morgan fingerprint density at radius 1 is 1.21 bits per heavy atom. The molecule has 6 rings (SSSR count). The lowest BCUT2D eigenvalue weighted by atomic mass is 9.76. The first-order chi connectivity index (χ1) is 20.0. The second-order valence-corrected chi connectivity index (χ2v) is 12.9. The smallest absolute Gasteiger partial charge is 0.230 e. The number of benzene rings is 1. The Morgan fingerprint density at radius 3 is 2.62 bits per heavy atom. The van der Waals surface area contributed by atoms with Crippen molar-refractivity contribution >= 4 is 11.5 Å². The van der Waals surface area contributed by atoms with E-state index in [1.165, 1.54) is 18.4 Å². The van der Waals surface area contributed by atoms with Crippen LogP contribution < -0.4 is 10.6 Å². The highest BCUT2D eigenvalue weighted by Gasteiger charge is 2.46. The third kappa shape index (κ3) is 5.56. The molecule has 224 valence electrons. The van der Waals surface area contributed by atoms with E-state index in [4.69, 9.17) is 21.0 Å². The van der Waals surface area contributed by atoms with Crippen LogP contribution in [0.1, 0.15) is 105 Å². The van der Waals surface area contributed by atoms with Gasteiger partial charge in [-0.25, -0.2) is 18.7 Å². The quantitative estimate of drug-likeness (QED) is 0.442. The maximum absolute atomic E-state index is 14.3. The van der Waals surface area contributed by atoms with Gasteiger partial charge in [-0.3, -0.25) is 4.90 Å². The lowest BCUT2D eigenvalue weighted by molar-refractivity contribution is 0.188. The second kappa shape index (κ2) is 11.8. The summed E-state index contributed by atoms with van der Waals surface area (Å²) in [6.07, 6.45) is 6.65. The molecule has 3 aliphatic heterocycles. The highest BCUT2D eigenvalue weighted by Crippen LogP contribution is 2.43. The summed E-state index contributed by atoms with van der Waals surface area (Å²) in [6.45, 7) is 10.4. The van der Waals surface area contributed by atoms with Crippen LogP contribution >= 0.6 is 0 Å². The predicted molar refractivity (Wildman–Crippen MR) is 161 cm³/mol. The van der Waals surface area contributed by atoms with Crippen molar-refractivity contribution in [2.45, 2.75) is 108 Å². The standard InChI is InChI=1S/C25H29FN6.C8H14FN/c1-4-15(3)17-8-9-20(29)19(11-27)23(17)16-6-7-18-21(10-16)30-22(5-2)31-24(18)32-13-25(26,12-28)14-32;1-8-3-2-4-10(8)6-7(9)5-8/h8-9,15-16H,4-7,10,13-14,29H2,1-3H3;7H,2-6H2,1H3/t15-,16?;/m0./s1. The number of aromatic nitrogens is 2. The van der Waals surface area contributed by atoms with Gasteiger partial charge in [0.25, 0.3) is 0 Å². The first-order valence-corrected chi connectivity index (χ1v) is 15.5. The molecule has 2 aromatic rings. The number of fused-ring (bicyclic) bond motifs is 2. The van der Waals surface area contributed by atoms with Gasteiger partial charge in [-0.15, -0.1) is 0 Å². The summed E-state index contributed by atoms with van der Waals surface area (Å²) in [5.41, 5.74) is 10.0. The van der Waals surface area contributed by atoms with Gasteiger partial charge in [-0.2, -0.15) is 10.5 Å². The zero-order chi connectivity index (χ0) is 30.2. The van der Waals surface area contributed by atoms with Crippen molar-refractivity contribution in [3.8, 4) is 12.1 Å². The highest BCUT2D eigenvalue weighted by molar-refractivity contribution is 5.63. The molecule has 42 heavy (non-hydrogen) atoms. The van der Waals surface area contributed by atoms with Crippen LogP contribution in [0, 0.1) is 22.7 Å². The molecule has 0 spiro atoms. The first kappa shape index (κ1) is 30.2. The average molecular weight is 576 g/mol. The van der Waals surface area contributed by atoms with E-state index in [1.807, 2.05) is 17.9 Å². The van der Waals surface area contributed by atoms with Crippen molar-refractivity contribution in [1.29, 1.82) is 10.5 Å². The summed E-state index contributed by atoms with van der Waals surface area (Å²) in [5.74, 6) is 1.97. The zero-order valence-corrected chi connectivity index (χ0v) is 25.4. The molecule has 7 nitrogen and oxygen atoms in total. The number of halogens is 2. The van der Waals surface area contributed by atoms with E-state index in [0.29, 0.717) is 36.6 Å². The molecule has 3 fully saturated rings. The summed E-state index contributed by atoms with van der Waals surface area (Å²) >= 11 is 0. The highest BCUT2D eigenvalue weighted by atomic mass is 19.1. The van der Waals surface area contributed by atoms with E-state index < -0.39 is 11.8 Å². The minimum Gasteiger partial charge on any atom is -0.398 e. The van der Waals surface area contributed by atoms with Crippen LogP contribution in [0.3, 0.4) is 0 Å². The van der Waals surface area contributed by atoms with Gasteiger partial charge >= 0.3 is 0 Å². The molecule has 1 aromatic heterocycles. The van der Waals surface area contributed by atoms with Crippen molar-refractivity contribution in [2.24, 2.45) is 0 Å². The third-order valence-electron chi connectivity index (χ3n) is 9.96. The molecular formula is C33H43F2N7. The van der Waals surface area contributed by atoms with Gasteiger partial charge in [0.15, 0.2) is 0 Å². The van der Waals surface area contributed by atoms with E-state index in [-0.39, 0.29) is 24.5 Å². The normalized spacial score (nSPS) is 26.6. The van der Waals surface area contributed by atoms with Gasteiger partial charge in [0.2, 0.25) is 5.67 Å². The largest absolute Gasteiger partial charge is 0.398 e. The van der Waals surface area contributed by atoms with E-state index in [2.05, 4.69) is 37.8 Å². The molecule has 1 aliphatic carbocycles. The Hall–Kier alpha value is -3.30. The van der Waals surface area contributed by atoms with Crippen LogP contribution in [0.15, 0.2) is 12.1 Å². The molecule has 0 radical (unpaired) electrons. The molecule has 0 amide bonds. The van der Waals surface area contributed by atoms with Crippen LogP contribution in [0.4, 0.5) is 20.3 Å². The lowest BCUT2D eigenvalue weighted by Crippen LogP contribution is -2.59. The Balaban J connectivity index is 0.000000295. The number of alkyl halides is 2. The van der Waals surface area contributed by atoms with Gasteiger partial charge in [0.1, 0.15) is 30.0 Å². The van der Waals surface area contributed by atoms with Crippen molar-refractivity contribution in [2.75, 3.05) is 36.8 Å². The topological polar surface area (TPSA) is 106 Å². The Kier molecular flexibility index (Phi) is 8.45. The Labute approximate surface area is 248 Å². The Bertz CT molecular complexity index is 1410. The fourth-order valence-electron chi connectivity index (χ4n) is 7.36. The molecule has 1 aromatic carbocycles. The minimum absolute atomic E-state index is 0.0471. The van der Waals surface area contributed by atoms with Crippen LogP contribution in [-0.4, -0.2) is 58.4 Å². The van der Waals surface area contributed by atoms with Gasteiger partial charge in [0.05, 0.1) is 24.3 Å². The predicted octanol–water partition coefficient (Wildman–Crippen LogP) is 5.91. The Morgan fingerprint density at radius 2 is 1.98 bits per heavy atom. The maximum atomic E-state index is 14.3. The lowest BCUT2D eigenvalue weighted by Gasteiger charge is -2.42. The van der Waals surface area contributed by atoms with Gasteiger partial charge < -0.3 is 10.6 Å². The number of hydrogen-bond donors (Lipinski definition) is 1. The number of nitrogens with zero attached hydrogens (tertiary/aromatic N) is 6. The molecular weight excluding hydrogens is 532 g/mol. The molecule has 9 heteroatoms. The number of hydrogen-bond acceptors (Lipinski definition) is 7. The average Bonchev–Trinajstić information content (AvgIpc) is 3.46. The van der Waals surface area contributed by atoms with Crippen LogP contribution in [-0.2, 0) is 19.3 Å². The molecule has 0 bridgehead atoms. The van der Waals surface area contributed by atoms with Crippen LogP contribution in [0.25, 0.3) is 0 Å². The third-order valence-corrected chi connectivity index (χ3v) is 9.96. The second-order valence-electron chi connectivity index (χ2n) is 12.9. The summed E-state index contributed by atoms with van der Waals surface area (Å²) in [4.78, 5) is 13.7. The van der Waals surface area contributed by atoms with Gasteiger partial charge in [-0.05, 0) is 87.4 Å². The molecule has 0 saturated carbocycles. The fourth-order valence-corrected chi connectivity index (χ4v) is 7.36. The van der Waals surface area contributed by atoms with Gasteiger partial charge in [-0.1, -0.05) is 26.8 Å². The van der Waals surface area contributed by atoms with E-state index >= 15 is 0 Å². The number of nitrogens with two attached hydrogens (primary N) is 1. The monoisotopic (exact) mass is 575 g/mol. The summed E-state index contributed by atoms with van der Waals surface area (Å²) in [5, 5.41) is 18.9. The minimum atomic E-state index is -1.80. The fraction of sp³-hybridized carbons (Fsp3) is 0.636. The molecule has 3 unspecified atom stereocenters. The summed E-state index contributed by atoms with van der Waals surface area (Å²) in [7, 11) is 0.